The van der Waals surface area contributed by atoms with E-state index in [2.05, 4.69) is 0 Å². The van der Waals surface area contributed by atoms with Gasteiger partial charge in [-0.2, -0.15) is 0 Å². The van der Waals surface area contributed by atoms with Gasteiger partial charge in [0.15, 0.2) is 6.10 Å². The van der Waals surface area contributed by atoms with Crippen LogP contribution in [0.1, 0.15) is 23.6 Å². The van der Waals surface area contributed by atoms with Gasteiger partial charge in [-0.15, -0.1) is 0 Å². The van der Waals surface area contributed by atoms with Gasteiger partial charge >= 0.3 is 11.6 Å². The molecule has 0 aliphatic heterocycles. The summed E-state index contributed by atoms with van der Waals surface area (Å²) in [5.41, 5.74) is 2.22. The minimum absolute atomic E-state index is 0.160. The van der Waals surface area contributed by atoms with Crippen LogP contribution in [0.5, 0.6) is 5.75 Å². The molecule has 0 saturated heterocycles. The van der Waals surface area contributed by atoms with Crippen molar-refractivity contribution in [1.82, 2.24) is 0 Å². The van der Waals surface area contributed by atoms with Crippen molar-refractivity contribution >= 4 is 28.5 Å². The Morgan fingerprint density at radius 3 is 2.62 bits per heavy atom. The Labute approximate surface area is 154 Å². The van der Waals surface area contributed by atoms with Gasteiger partial charge in [-0.25, -0.2) is 9.59 Å². The third kappa shape index (κ3) is 3.58. The molecule has 1 aromatic heterocycles. The first-order chi connectivity index (χ1) is 12.4. The summed E-state index contributed by atoms with van der Waals surface area (Å²) >= 11 is 6.24. The van der Waals surface area contributed by atoms with E-state index in [0.29, 0.717) is 23.0 Å². The fraction of sp³-hybridized carbons (Fsp3) is 0.200. The van der Waals surface area contributed by atoms with Crippen LogP contribution in [0.2, 0.25) is 5.02 Å². The monoisotopic (exact) mass is 372 g/mol. The van der Waals surface area contributed by atoms with Crippen LogP contribution < -0.4 is 10.4 Å². The van der Waals surface area contributed by atoms with Crippen LogP contribution in [0.15, 0.2) is 51.7 Å². The number of aryl methyl sites for hydroxylation is 1. The lowest BCUT2D eigenvalue weighted by atomic mass is 9.99. The van der Waals surface area contributed by atoms with Gasteiger partial charge in [0.2, 0.25) is 0 Å². The van der Waals surface area contributed by atoms with Crippen LogP contribution in [-0.2, 0) is 11.2 Å². The molecule has 0 spiro atoms. The highest BCUT2D eigenvalue weighted by Gasteiger charge is 2.18. The molecule has 1 N–H and O–H groups in total. The maximum atomic E-state index is 12.5. The number of hydrogen-bond donors (Lipinski definition) is 1. The average Bonchev–Trinajstić information content (AvgIpc) is 2.61. The number of hydrogen-bond acceptors (Lipinski definition) is 4. The van der Waals surface area contributed by atoms with Gasteiger partial charge in [0, 0.05) is 23.4 Å². The number of halogens is 1. The van der Waals surface area contributed by atoms with Crippen LogP contribution in [0, 0.1) is 6.92 Å². The molecular formula is C20H17ClO5. The summed E-state index contributed by atoms with van der Waals surface area (Å²) in [4.78, 5) is 23.4. The third-order valence-electron chi connectivity index (χ3n) is 4.22. The van der Waals surface area contributed by atoms with E-state index in [1.807, 2.05) is 37.3 Å². The Hall–Kier alpha value is -2.79. The second kappa shape index (κ2) is 7.22. The summed E-state index contributed by atoms with van der Waals surface area (Å²) in [5.74, 6) is -0.954. The zero-order chi connectivity index (χ0) is 18.8. The van der Waals surface area contributed by atoms with E-state index in [1.54, 1.807) is 6.07 Å². The maximum absolute atomic E-state index is 12.5. The van der Waals surface area contributed by atoms with Gasteiger partial charge in [-0.1, -0.05) is 41.9 Å². The Kier molecular flexibility index (Phi) is 5.00. The Bertz CT molecular complexity index is 1020. The van der Waals surface area contributed by atoms with E-state index in [9.17, 15) is 9.59 Å². The van der Waals surface area contributed by atoms with Crippen LogP contribution >= 0.6 is 11.6 Å². The predicted octanol–water partition coefficient (Wildman–Crippen LogP) is 4.20. The highest BCUT2D eigenvalue weighted by atomic mass is 35.5. The summed E-state index contributed by atoms with van der Waals surface area (Å²) in [6.07, 6.45) is -0.619. The molecule has 0 radical (unpaired) electrons. The lowest BCUT2D eigenvalue weighted by molar-refractivity contribution is -0.144. The molecule has 134 valence electrons. The number of carboxylic acids is 1. The first-order valence-electron chi connectivity index (χ1n) is 8.06. The zero-order valence-corrected chi connectivity index (χ0v) is 15.0. The van der Waals surface area contributed by atoms with Crippen molar-refractivity contribution in [3.8, 4) is 5.75 Å². The number of ether oxygens (including phenoxy) is 1. The van der Waals surface area contributed by atoms with Gasteiger partial charge in [0.25, 0.3) is 0 Å². The van der Waals surface area contributed by atoms with Crippen molar-refractivity contribution in [3.63, 3.8) is 0 Å². The van der Waals surface area contributed by atoms with E-state index >= 15 is 0 Å². The molecule has 0 saturated carbocycles. The van der Waals surface area contributed by atoms with Gasteiger partial charge in [0.05, 0.1) is 5.02 Å². The molecule has 0 amide bonds. The fourth-order valence-electron chi connectivity index (χ4n) is 2.73. The second-order valence-electron chi connectivity index (χ2n) is 6.03. The summed E-state index contributed by atoms with van der Waals surface area (Å²) in [6.45, 7) is 3.24. The van der Waals surface area contributed by atoms with E-state index in [1.165, 1.54) is 13.0 Å². The number of fused-ring (bicyclic) bond motifs is 1. The molecule has 0 bridgehead atoms. The fourth-order valence-corrected chi connectivity index (χ4v) is 2.93. The van der Waals surface area contributed by atoms with Crippen molar-refractivity contribution < 1.29 is 19.1 Å². The minimum atomic E-state index is -1.11. The standard InChI is InChI=1S/C20H17ClO5/c1-11-14-9-16(21)18(25-12(2)19(22)23)10-17(14)26-20(24)15(11)8-13-6-4-3-5-7-13/h3-7,9-10,12H,8H2,1-2H3,(H,22,23)/t12-/m0/s1. The second-order valence-corrected chi connectivity index (χ2v) is 6.44. The minimum Gasteiger partial charge on any atom is -0.479 e. The molecule has 2 aromatic carbocycles. The van der Waals surface area contributed by atoms with Gasteiger partial charge < -0.3 is 14.3 Å². The summed E-state index contributed by atoms with van der Waals surface area (Å²) in [7, 11) is 0. The molecule has 0 aliphatic rings. The molecule has 6 heteroatoms. The third-order valence-corrected chi connectivity index (χ3v) is 4.51. The molecule has 26 heavy (non-hydrogen) atoms. The number of carbonyl (C=O) groups is 1. The smallest absolute Gasteiger partial charge is 0.344 e. The Morgan fingerprint density at radius 1 is 1.27 bits per heavy atom. The molecule has 5 nitrogen and oxygen atoms in total. The molecule has 1 heterocycles. The molecular weight excluding hydrogens is 356 g/mol. The molecule has 1 atom stereocenters. The van der Waals surface area contributed by atoms with Gasteiger partial charge in [0.1, 0.15) is 11.3 Å². The number of aliphatic carboxylic acids is 1. The van der Waals surface area contributed by atoms with Crippen LogP contribution in [0.4, 0.5) is 0 Å². The lowest BCUT2D eigenvalue weighted by Gasteiger charge is -2.14. The van der Waals surface area contributed by atoms with E-state index in [0.717, 1.165) is 11.1 Å². The van der Waals surface area contributed by atoms with Crippen molar-refractivity contribution in [2.45, 2.75) is 26.4 Å². The number of carboxylic acid groups (broad SMARTS) is 1. The molecule has 0 aliphatic carbocycles. The van der Waals surface area contributed by atoms with E-state index < -0.39 is 17.7 Å². The van der Waals surface area contributed by atoms with E-state index in [4.69, 9.17) is 25.9 Å². The summed E-state index contributed by atoms with van der Waals surface area (Å²) in [5, 5.41) is 9.92. The molecule has 3 rings (SSSR count). The molecule has 3 aromatic rings. The van der Waals surface area contributed by atoms with Crippen molar-refractivity contribution in [2.75, 3.05) is 0 Å². The average molecular weight is 373 g/mol. The number of benzene rings is 2. The van der Waals surface area contributed by atoms with Crippen molar-refractivity contribution in [1.29, 1.82) is 0 Å². The Balaban J connectivity index is 2.07. The zero-order valence-electron chi connectivity index (χ0n) is 14.3. The van der Waals surface area contributed by atoms with E-state index in [-0.39, 0.29) is 10.8 Å². The van der Waals surface area contributed by atoms with Crippen LogP contribution in [0.25, 0.3) is 11.0 Å². The van der Waals surface area contributed by atoms with Gasteiger partial charge in [-0.05, 0) is 31.0 Å². The van der Waals surface area contributed by atoms with Crippen molar-refractivity contribution in [3.05, 3.63) is 74.6 Å². The highest BCUT2D eigenvalue weighted by molar-refractivity contribution is 6.32. The normalized spacial score (nSPS) is 12.1. The largest absolute Gasteiger partial charge is 0.479 e. The van der Waals surface area contributed by atoms with Crippen LogP contribution in [-0.4, -0.2) is 17.2 Å². The van der Waals surface area contributed by atoms with Crippen molar-refractivity contribution in [2.24, 2.45) is 0 Å². The first kappa shape index (κ1) is 18.0. The maximum Gasteiger partial charge on any atom is 0.344 e. The quantitative estimate of drug-likeness (QED) is 0.679. The summed E-state index contributed by atoms with van der Waals surface area (Å²) in [6, 6.07) is 12.7. The molecule has 0 unspecified atom stereocenters. The highest BCUT2D eigenvalue weighted by Crippen LogP contribution is 2.32. The SMILES string of the molecule is Cc1c(Cc2ccccc2)c(=O)oc2cc(O[C@@H](C)C(=O)O)c(Cl)cc12. The van der Waals surface area contributed by atoms with Crippen LogP contribution in [0.3, 0.4) is 0 Å². The predicted molar refractivity (Wildman–Crippen MR) is 99.2 cm³/mol. The summed E-state index contributed by atoms with van der Waals surface area (Å²) < 4.78 is 10.8. The first-order valence-corrected chi connectivity index (χ1v) is 8.44. The number of rotatable bonds is 5. The lowest BCUT2D eigenvalue weighted by Crippen LogP contribution is -2.23. The van der Waals surface area contributed by atoms with Gasteiger partial charge in [-0.3, -0.25) is 0 Å². The Morgan fingerprint density at radius 2 is 1.96 bits per heavy atom. The topological polar surface area (TPSA) is 76.7 Å². The molecule has 0 fully saturated rings.